The van der Waals surface area contributed by atoms with E-state index in [9.17, 15) is 4.79 Å². The van der Waals surface area contributed by atoms with Crippen molar-refractivity contribution in [3.63, 3.8) is 0 Å². The normalized spacial score (nSPS) is 28.9. The Labute approximate surface area is 80.3 Å². The first-order chi connectivity index (χ1) is 5.91. The number of nitrogens with one attached hydrogen (secondary N) is 2. The molecule has 0 spiro atoms. The summed E-state index contributed by atoms with van der Waals surface area (Å²) in [4.78, 5) is 11.6. The summed E-state index contributed by atoms with van der Waals surface area (Å²) in [7, 11) is 0. The van der Waals surface area contributed by atoms with Crippen molar-refractivity contribution >= 4 is 5.91 Å². The second-order valence-corrected chi connectivity index (χ2v) is 4.97. The molecular formula is C10H20N2O. The average Bonchev–Trinajstić information content (AvgIpc) is 2.34. The van der Waals surface area contributed by atoms with Gasteiger partial charge in [-0.25, -0.2) is 0 Å². The zero-order valence-corrected chi connectivity index (χ0v) is 8.98. The minimum absolute atomic E-state index is 0.146. The Morgan fingerprint density at radius 1 is 1.38 bits per heavy atom. The predicted molar refractivity (Wildman–Crippen MR) is 53.4 cm³/mol. The first kappa shape index (κ1) is 10.5. The van der Waals surface area contributed by atoms with E-state index in [1.807, 2.05) is 20.8 Å². The Morgan fingerprint density at radius 2 is 2.00 bits per heavy atom. The molecule has 0 radical (unpaired) electrons. The molecule has 76 valence electrons. The predicted octanol–water partition coefficient (Wildman–Crippen LogP) is 0.757. The highest BCUT2D eigenvalue weighted by atomic mass is 16.2. The number of hydrogen-bond acceptors (Lipinski definition) is 2. The summed E-state index contributed by atoms with van der Waals surface area (Å²) in [6.07, 6.45) is 0. The van der Waals surface area contributed by atoms with Gasteiger partial charge in [-0.15, -0.1) is 0 Å². The first-order valence-corrected chi connectivity index (χ1v) is 4.93. The van der Waals surface area contributed by atoms with E-state index in [1.54, 1.807) is 0 Å². The molecule has 2 N–H and O–H groups in total. The molecular weight excluding hydrogens is 164 g/mol. The highest BCUT2D eigenvalue weighted by molar-refractivity contribution is 5.81. The second kappa shape index (κ2) is 3.66. The van der Waals surface area contributed by atoms with Crippen molar-refractivity contribution in [3.8, 4) is 0 Å². The van der Waals surface area contributed by atoms with Crippen LogP contribution in [0.4, 0.5) is 0 Å². The van der Waals surface area contributed by atoms with Gasteiger partial charge in [-0.1, -0.05) is 27.7 Å². The summed E-state index contributed by atoms with van der Waals surface area (Å²) in [6, 6.07) is 0.312. The molecule has 0 bridgehead atoms. The Hall–Kier alpha value is -0.570. The summed E-state index contributed by atoms with van der Waals surface area (Å²) in [5.41, 5.74) is -0.275. The molecule has 1 amide bonds. The molecule has 1 aliphatic rings. The number of carbonyl (C=O) groups excluding carboxylic acids is 1. The average molecular weight is 184 g/mol. The Balaban J connectivity index is 2.45. The lowest BCUT2D eigenvalue weighted by atomic mass is 9.94. The van der Waals surface area contributed by atoms with Crippen LogP contribution < -0.4 is 10.6 Å². The summed E-state index contributed by atoms with van der Waals surface area (Å²) in [6.45, 7) is 9.89. The summed E-state index contributed by atoms with van der Waals surface area (Å²) in [5, 5.41) is 6.33. The van der Waals surface area contributed by atoms with Crippen LogP contribution in [0.5, 0.6) is 0 Å². The Kier molecular flexibility index (Phi) is 2.96. The van der Waals surface area contributed by atoms with Crippen LogP contribution in [-0.4, -0.2) is 25.0 Å². The summed E-state index contributed by atoms with van der Waals surface area (Å²) >= 11 is 0. The van der Waals surface area contributed by atoms with Crippen molar-refractivity contribution in [3.05, 3.63) is 0 Å². The Bertz CT molecular complexity index is 196. The molecule has 1 rings (SSSR count). The molecule has 0 aromatic heterocycles. The highest BCUT2D eigenvalue weighted by Crippen LogP contribution is 2.15. The maximum atomic E-state index is 11.6. The molecule has 1 aliphatic heterocycles. The molecule has 3 nitrogen and oxygen atoms in total. The van der Waals surface area contributed by atoms with E-state index in [1.165, 1.54) is 0 Å². The van der Waals surface area contributed by atoms with Gasteiger partial charge in [0.05, 0.1) is 0 Å². The van der Waals surface area contributed by atoms with E-state index < -0.39 is 0 Å². The SMILES string of the molecule is CC1CNCC1NC(=O)C(C)(C)C. The minimum Gasteiger partial charge on any atom is -0.351 e. The van der Waals surface area contributed by atoms with Crippen LogP contribution >= 0.6 is 0 Å². The van der Waals surface area contributed by atoms with Crippen molar-refractivity contribution in [2.75, 3.05) is 13.1 Å². The van der Waals surface area contributed by atoms with Gasteiger partial charge < -0.3 is 10.6 Å². The fourth-order valence-corrected chi connectivity index (χ4v) is 1.39. The van der Waals surface area contributed by atoms with E-state index in [4.69, 9.17) is 0 Å². The highest BCUT2D eigenvalue weighted by Gasteiger charge is 2.28. The van der Waals surface area contributed by atoms with Crippen LogP contribution in [0, 0.1) is 11.3 Å². The lowest BCUT2D eigenvalue weighted by Crippen LogP contribution is -2.44. The summed E-state index contributed by atoms with van der Waals surface area (Å²) < 4.78 is 0. The van der Waals surface area contributed by atoms with E-state index in [0.717, 1.165) is 13.1 Å². The largest absolute Gasteiger partial charge is 0.351 e. The molecule has 0 saturated carbocycles. The molecule has 0 aliphatic carbocycles. The van der Waals surface area contributed by atoms with Crippen LogP contribution in [-0.2, 0) is 4.79 Å². The van der Waals surface area contributed by atoms with Crippen molar-refractivity contribution in [2.45, 2.75) is 33.7 Å². The fourth-order valence-electron chi connectivity index (χ4n) is 1.39. The lowest BCUT2D eigenvalue weighted by molar-refractivity contribution is -0.129. The third kappa shape index (κ3) is 2.69. The van der Waals surface area contributed by atoms with Gasteiger partial charge in [0.2, 0.25) is 5.91 Å². The van der Waals surface area contributed by atoms with Gasteiger partial charge in [0, 0.05) is 18.0 Å². The van der Waals surface area contributed by atoms with E-state index in [-0.39, 0.29) is 11.3 Å². The second-order valence-electron chi connectivity index (χ2n) is 4.97. The molecule has 2 unspecified atom stereocenters. The smallest absolute Gasteiger partial charge is 0.225 e. The number of amides is 1. The van der Waals surface area contributed by atoms with Gasteiger partial charge in [-0.05, 0) is 12.5 Å². The third-order valence-electron chi connectivity index (χ3n) is 2.52. The van der Waals surface area contributed by atoms with Crippen LogP contribution in [0.1, 0.15) is 27.7 Å². The maximum absolute atomic E-state index is 11.6. The zero-order chi connectivity index (χ0) is 10.1. The van der Waals surface area contributed by atoms with Crippen LogP contribution in [0.25, 0.3) is 0 Å². The van der Waals surface area contributed by atoms with Gasteiger partial charge in [0.15, 0.2) is 0 Å². The molecule has 3 heteroatoms. The first-order valence-electron chi connectivity index (χ1n) is 4.93. The third-order valence-corrected chi connectivity index (χ3v) is 2.52. The van der Waals surface area contributed by atoms with Crippen LogP contribution in [0.15, 0.2) is 0 Å². The number of rotatable bonds is 1. The topological polar surface area (TPSA) is 41.1 Å². The minimum atomic E-state index is -0.275. The van der Waals surface area contributed by atoms with Crippen molar-refractivity contribution in [1.29, 1.82) is 0 Å². The number of hydrogen-bond donors (Lipinski definition) is 2. The number of carbonyl (C=O) groups is 1. The van der Waals surface area contributed by atoms with Gasteiger partial charge >= 0.3 is 0 Å². The molecule has 0 aromatic carbocycles. The molecule has 0 aromatic rings. The molecule has 1 fully saturated rings. The molecule has 2 atom stereocenters. The lowest BCUT2D eigenvalue weighted by Gasteiger charge is -2.23. The molecule has 1 saturated heterocycles. The van der Waals surface area contributed by atoms with Crippen molar-refractivity contribution < 1.29 is 4.79 Å². The van der Waals surface area contributed by atoms with Crippen molar-refractivity contribution in [1.82, 2.24) is 10.6 Å². The van der Waals surface area contributed by atoms with E-state index in [2.05, 4.69) is 17.6 Å². The quantitative estimate of drug-likeness (QED) is 0.631. The maximum Gasteiger partial charge on any atom is 0.225 e. The van der Waals surface area contributed by atoms with E-state index in [0.29, 0.717) is 12.0 Å². The van der Waals surface area contributed by atoms with Crippen molar-refractivity contribution in [2.24, 2.45) is 11.3 Å². The van der Waals surface area contributed by atoms with Crippen LogP contribution in [0.2, 0.25) is 0 Å². The van der Waals surface area contributed by atoms with Gasteiger partial charge in [-0.2, -0.15) is 0 Å². The van der Waals surface area contributed by atoms with Gasteiger partial charge in [-0.3, -0.25) is 4.79 Å². The standard InChI is InChI=1S/C10H20N2O/c1-7-5-11-6-8(7)12-9(13)10(2,3)4/h7-8,11H,5-6H2,1-4H3,(H,12,13). The fraction of sp³-hybridized carbons (Fsp3) is 0.900. The van der Waals surface area contributed by atoms with Gasteiger partial charge in [0.1, 0.15) is 0 Å². The summed E-state index contributed by atoms with van der Waals surface area (Å²) in [5.74, 6) is 0.694. The monoisotopic (exact) mass is 184 g/mol. The van der Waals surface area contributed by atoms with E-state index >= 15 is 0 Å². The zero-order valence-electron chi connectivity index (χ0n) is 8.98. The van der Waals surface area contributed by atoms with Gasteiger partial charge in [0.25, 0.3) is 0 Å². The Morgan fingerprint density at radius 3 is 2.38 bits per heavy atom. The van der Waals surface area contributed by atoms with Crippen LogP contribution in [0.3, 0.4) is 0 Å². The molecule has 1 heterocycles. The molecule has 13 heavy (non-hydrogen) atoms.